The first-order chi connectivity index (χ1) is 8.43. The molecule has 0 amide bonds. The molecule has 1 atom stereocenters. The molecule has 0 aliphatic heterocycles. The van der Waals surface area contributed by atoms with Crippen molar-refractivity contribution in [2.45, 2.75) is 39.8 Å². The van der Waals surface area contributed by atoms with Crippen molar-refractivity contribution in [1.82, 2.24) is 4.90 Å². The lowest BCUT2D eigenvalue weighted by Gasteiger charge is -2.22. The summed E-state index contributed by atoms with van der Waals surface area (Å²) in [6.07, 6.45) is 0.335. The van der Waals surface area contributed by atoms with Crippen LogP contribution in [0.4, 0.5) is 0 Å². The minimum absolute atomic E-state index is 0.328. The third-order valence-corrected chi connectivity index (χ3v) is 3.29. The van der Waals surface area contributed by atoms with Gasteiger partial charge in [-0.1, -0.05) is 17.7 Å². The van der Waals surface area contributed by atoms with Crippen LogP contribution in [0.2, 0.25) is 0 Å². The van der Waals surface area contributed by atoms with Crippen molar-refractivity contribution in [2.75, 3.05) is 20.1 Å². The molecule has 1 rings (SSSR count). The van der Waals surface area contributed by atoms with E-state index >= 15 is 0 Å². The second-order valence-electron chi connectivity index (χ2n) is 5.31. The molecule has 18 heavy (non-hydrogen) atoms. The smallest absolute Gasteiger partial charge is 0.0679 e. The van der Waals surface area contributed by atoms with E-state index in [0.717, 1.165) is 6.54 Å². The number of aryl methyl sites for hydroxylation is 3. The van der Waals surface area contributed by atoms with Crippen molar-refractivity contribution in [3.05, 3.63) is 34.4 Å². The van der Waals surface area contributed by atoms with E-state index in [1.807, 2.05) is 7.05 Å². The molecule has 0 spiro atoms. The van der Waals surface area contributed by atoms with Gasteiger partial charge in [0, 0.05) is 13.1 Å². The Balaban J connectivity index is 2.67. The summed E-state index contributed by atoms with van der Waals surface area (Å²) in [5.74, 6) is 0. The molecule has 0 bridgehead atoms. The molecule has 3 nitrogen and oxygen atoms in total. The van der Waals surface area contributed by atoms with Gasteiger partial charge in [0.2, 0.25) is 0 Å². The molecule has 0 saturated carbocycles. The molecule has 0 saturated heterocycles. The normalized spacial score (nSPS) is 13.1. The lowest BCUT2D eigenvalue weighted by Crippen LogP contribution is -2.30. The Kier molecular flexibility index (Phi) is 5.79. The molecule has 3 heteroatoms. The van der Waals surface area contributed by atoms with Crippen LogP contribution in [-0.2, 0) is 6.54 Å². The van der Waals surface area contributed by atoms with E-state index in [1.165, 1.54) is 22.3 Å². The Hall–Kier alpha value is -0.900. The largest absolute Gasteiger partial charge is 0.392 e. The van der Waals surface area contributed by atoms with E-state index in [2.05, 4.69) is 37.8 Å². The standard InChI is InChI=1S/C15H26N2O/c1-11-7-12(2)15(13(3)8-11)10-17(4)9-14(18)5-6-16/h7-8,14,18H,5-6,9-10,16H2,1-4H3. The van der Waals surface area contributed by atoms with Crippen LogP contribution in [0, 0.1) is 20.8 Å². The Labute approximate surface area is 111 Å². The highest BCUT2D eigenvalue weighted by Gasteiger charge is 2.10. The first-order valence-corrected chi connectivity index (χ1v) is 6.57. The number of hydrogen-bond acceptors (Lipinski definition) is 3. The Morgan fingerprint density at radius 3 is 2.28 bits per heavy atom. The lowest BCUT2D eigenvalue weighted by molar-refractivity contribution is 0.117. The molecule has 0 aliphatic carbocycles. The van der Waals surface area contributed by atoms with E-state index < -0.39 is 0 Å². The predicted molar refractivity (Wildman–Crippen MR) is 76.7 cm³/mol. The maximum Gasteiger partial charge on any atom is 0.0679 e. The molecule has 0 fully saturated rings. The Morgan fingerprint density at radius 2 is 1.78 bits per heavy atom. The lowest BCUT2D eigenvalue weighted by atomic mass is 9.99. The molecule has 0 heterocycles. The molecule has 3 N–H and O–H groups in total. The van der Waals surface area contributed by atoms with Gasteiger partial charge in [0.1, 0.15) is 0 Å². The molecule has 102 valence electrons. The van der Waals surface area contributed by atoms with Gasteiger partial charge in [-0.05, 0) is 57.5 Å². The number of aliphatic hydroxyl groups is 1. The second kappa shape index (κ2) is 6.88. The summed E-state index contributed by atoms with van der Waals surface area (Å²) in [6, 6.07) is 4.43. The summed E-state index contributed by atoms with van der Waals surface area (Å²) in [5, 5.41) is 9.76. The molecule has 1 aromatic carbocycles. The van der Waals surface area contributed by atoms with Gasteiger partial charge in [0.25, 0.3) is 0 Å². The van der Waals surface area contributed by atoms with E-state index in [9.17, 15) is 5.11 Å². The number of aliphatic hydroxyl groups excluding tert-OH is 1. The average molecular weight is 250 g/mol. The zero-order valence-electron chi connectivity index (χ0n) is 12.0. The number of nitrogens with two attached hydrogens (primary N) is 1. The summed E-state index contributed by atoms with van der Waals surface area (Å²) in [7, 11) is 2.04. The molecule has 0 aromatic heterocycles. The molecule has 0 radical (unpaired) electrons. The van der Waals surface area contributed by atoms with E-state index in [1.54, 1.807) is 0 Å². The maximum atomic E-state index is 9.76. The summed E-state index contributed by atoms with van der Waals surface area (Å²) in [6.45, 7) is 8.51. The van der Waals surface area contributed by atoms with Crippen LogP contribution in [0.5, 0.6) is 0 Å². The summed E-state index contributed by atoms with van der Waals surface area (Å²) in [4.78, 5) is 2.16. The first-order valence-electron chi connectivity index (χ1n) is 6.57. The van der Waals surface area contributed by atoms with Crippen molar-refractivity contribution in [3.63, 3.8) is 0 Å². The highest BCUT2D eigenvalue weighted by molar-refractivity contribution is 5.37. The van der Waals surface area contributed by atoms with Crippen LogP contribution in [0.1, 0.15) is 28.7 Å². The van der Waals surface area contributed by atoms with Gasteiger partial charge in [-0.2, -0.15) is 0 Å². The van der Waals surface area contributed by atoms with E-state index in [4.69, 9.17) is 5.73 Å². The molecule has 1 aromatic rings. The van der Waals surface area contributed by atoms with Gasteiger partial charge in [-0.15, -0.1) is 0 Å². The fourth-order valence-electron chi connectivity index (χ4n) is 2.44. The number of likely N-dealkylation sites (N-methyl/N-ethyl adjacent to an activating group) is 1. The van der Waals surface area contributed by atoms with Gasteiger partial charge in [-0.25, -0.2) is 0 Å². The van der Waals surface area contributed by atoms with Crippen molar-refractivity contribution in [3.8, 4) is 0 Å². The first kappa shape index (κ1) is 15.2. The zero-order chi connectivity index (χ0) is 13.7. The van der Waals surface area contributed by atoms with Gasteiger partial charge in [0.05, 0.1) is 6.10 Å². The van der Waals surface area contributed by atoms with Crippen molar-refractivity contribution >= 4 is 0 Å². The second-order valence-corrected chi connectivity index (χ2v) is 5.31. The average Bonchev–Trinajstić information content (AvgIpc) is 2.23. The van der Waals surface area contributed by atoms with Gasteiger partial charge in [-0.3, -0.25) is 4.90 Å². The SMILES string of the molecule is Cc1cc(C)c(CN(C)CC(O)CCN)c(C)c1. The minimum Gasteiger partial charge on any atom is -0.392 e. The van der Waals surface area contributed by atoms with Crippen molar-refractivity contribution in [1.29, 1.82) is 0 Å². The number of rotatable bonds is 6. The zero-order valence-corrected chi connectivity index (χ0v) is 12.0. The quantitative estimate of drug-likeness (QED) is 0.809. The maximum absolute atomic E-state index is 9.76. The van der Waals surface area contributed by atoms with Crippen LogP contribution >= 0.6 is 0 Å². The highest BCUT2D eigenvalue weighted by Crippen LogP contribution is 2.18. The van der Waals surface area contributed by atoms with Gasteiger partial charge >= 0.3 is 0 Å². The van der Waals surface area contributed by atoms with Crippen LogP contribution in [-0.4, -0.2) is 36.2 Å². The molecular weight excluding hydrogens is 224 g/mol. The summed E-state index contributed by atoms with van der Waals surface area (Å²) in [5.41, 5.74) is 10.8. The third-order valence-electron chi connectivity index (χ3n) is 3.29. The fourth-order valence-corrected chi connectivity index (χ4v) is 2.44. The summed E-state index contributed by atoms with van der Waals surface area (Å²) >= 11 is 0. The summed E-state index contributed by atoms with van der Waals surface area (Å²) < 4.78 is 0. The molecule has 0 aliphatic rings. The molecule has 1 unspecified atom stereocenters. The van der Waals surface area contributed by atoms with Crippen molar-refractivity contribution in [2.24, 2.45) is 5.73 Å². The fraction of sp³-hybridized carbons (Fsp3) is 0.600. The van der Waals surface area contributed by atoms with Crippen LogP contribution in [0.15, 0.2) is 12.1 Å². The predicted octanol–water partition coefficient (Wildman–Crippen LogP) is 1.75. The van der Waals surface area contributed by atoms with Crippen LogP contribution < -0.4 is 5.73 Å². The third kappa shape index (κ3) is 4.41. The Morgan fingerprint density at radius 1 is 1.22 bits per heavy atom. The topological polar surface area (TPSA) is 49.5 Å². The van der Waals surface area contributed by atoms with Gasteiger partial charge in [0.15, 0.2) is 0 Å². The Bertz CT molecular complexity index is 367. The minimum atomic E-state index is -0.328. The van der Waals surface area contributed by atoms with Crippen LogP contribution in [0.3, 0.4) is 0 Å². The monoisotopic (exact) mass is 250 g/mol. The van der Waals surface area contributed by atoms with Crippen molar-refractivity contribution < 1.29 is 5.11 Å². The number of benzene rings is 1. The van der Waals surface area contributed by atoms with E-state index in [-0.39, 0.29) is 6.10 Å². The van der Waals surface area contributed by atoms with Gasteiger partial charge < -0.3 is 10.8 Å². The van der Waals surface area contributed by atoms with E-state index in [0.29, 0.717) is 19.5 Å². The number of hydrogen-bond donors (Lipinski definition) is 2. The highest BCUT2D eigenvalue weighted by atomic mass is 16.3. The van der Waals surface area contributed by atoms with Crippen LogP contribution in [0.25, 0.3) is 0 Å². The number of nitrogens with zero attached hydrogens (tertiary/aromatic N) is 1. The molecular formula is C15H26N2O.